The zero-order valence-corrected chi connectivity index (χ0v) is 12.6. The molecule has 1 rings (SSSR count). The van der Waals surface area contributed by atoms with Crippen LogP contribution in [0.15, 0.2) is 0 Å². The molecule has 102 valence electrons. The van der Waals surface area contributed by atoms with Gasteiger partial charge in [0.2, 0.25) is 0 Å². The van der Waals surface area contributed by atoms with Gasteiger partial charge in [0.05, 0.1) is 0 Å². The average molecular weight is 238 g/mol. The Morgan fingerprint density at radius 2 is 1.41 bits per heavy atom. The Hall–Kier alpha value is 0. The van der Waals surface area contributed by atoms with E-state index in [9.17, 15) is 0 Å². The second-order valence-corrected chi connectivity index (χ2v) is 6.57. The van der Waals surface area contributed by atoms with E-state index in [1.807, 2.05) is 0 Å². The molecule has 1 aliphatic carbocycles. The van der Waals surface area contributed by atoms with E-state index in [0.29, 0.717) is 0 Å². The van der Waals surface area contributed by atoms with Gasteiger partial charge in [0, 0.05) is 0 Å². The van der Waals surface area contributed by atoms with Gasteiger partial charge in [-0.25, -0.2) is 0 Å². The second-order valence-electron chi connectivity index (χ2n) is 6.57. The zero-order chi connectivity index (χ0) is 12.6. The van der Waals surface area contributed by atoms with Crippen LogP contribution < -0.4 is 0 Å². The molecular formula is C17H34. The van der Waals surface area contributed by atoms with E-state index in [1.165, 1.54) is 77.0 Å². The predicted molar refractivity (Wildman–Crippen MR) is 78.3 cm³/mol. The van der Waals surface area contributed by atoms with E-state index in [-0.39, 0.29) is 0 Å². The standard InChI is InChI=1S/C17H34/c1-4-6-8-10-12-14-17(3)15-16(17)13-11-9-7-5-2/h16H,4-15H2,1-3H3. The van der Waals surface area contributed by atoms with Gasteiger partial charge in [0.1, 0.15) is 0 Å². The Morgan fingerprint density at radius 1 is 0.824 bits per heavy atom. The lowest BCUT2D eigenvalue weighted by molar-refractivity contribution is 0.411. The molecule has 0 aromatic heterocycles. The van der Waals surface area contributed by atoms with Crippen LogP contribution in [-0.4, -0.2) is 0 Å². The topological polar surface area (TPSA) is 0 Å². The molecule has 0 radical (unpaired) electrons. The van der Waals surface area contributed by atoms with Crippen molar-refractivity contribution in [1.82, 2.24) is 0 Å². The highest BCUT2D eigenvalue weighted by atomic mass is 14.5. The molecule has 1 aliphatic rings. The van der Waals surface area contributed by atoms with E-state index in [4.69, 9.17) is 0 Å². The zero-order valence-electron chi connectivity index (χ0n) is 12.6. The maximum Gasteiger partial charge on any atom is -0.0294 e. The van der Waals surface area contributed by atoms with Crippen LogP contribution in [0, 0.1) is 11.3 Å². The van der Waals surface area contributed by atoms with Gasteiger partial charge in [0.15, 0.2) is 0 Å². The SMILES string of the molecule is CCCCCCCC1(C)CC1CCCCCC. The van der Waals surface area contributed by atoms with Crippen LogP contribution in [0.1, 0.15) is 97.8 Å². The summed E-state index contributed by atoms with van der Waals surface area (Å²) >= 11 is 0. The average Bonchev–Trinajstić information content (AvgIpc) is 2.96. The molecule has 2 atom stereocenters. The summed E-state index contributed by atoms with van der Waals surface area (Å²) in [5, 5.41) is 0. The third kappa shape index (κ3) is 5.93. The lowest BCUT2D eigenvalue weighted by Gasteiger charge is -2.11. The number of rotatable bonds is 11. The first-order valence-corrected chi connectivity index (χ1v) is 8.23. The van der Waals surface area contributed by atoms with Crippen LogP contribution in [0.2, 0.25) is 0 Å². The van der Waals surface area contributed by atoms with E-state index in [0.717, 1.165) is 11.3 Å². The van der Waals surface area contributed by atoms with Gasteiger partial charge in [-0.05, 0) is 30.6 Å². The van der Waals surface area contributed by atoms with Crippen molar-refractivity contribution in [2.24, 2.45) is 11.3 Å². The molecule has 0 spiro atoms. The van der Waals surface area contributed by atoms with Gasteiger partial charge in [0.25, 0.3) is 0 Å². The smallest absolute Gasteiger partial charge is 0.0294 e. The van der Waals surface area contributed by atoms with Crippen molar-refractivity contribution in [2.75, 3.05) is 0 Å². The molecule has 0 amide bonds. The fraction of sp³-hybridized carbons (Fsp3) is 1.00. The predicted octanol–water partition coefficient (Wildman–Crippen LogP) is 6.34. The molecule has 0 bridgehead atoms. The first-order chi connectivity index (χ1) is 8.23. The van der Waals surface area contributed by atoms with Crippen molar-refractivity contribution in [1.29, 1.82) is 0 Å². The summed E-state index contributed by atoms with van der Waals surface area (Å²) in [5.41, 5.74) is 0.762. The van der Waals surface area contributed by atoms with Crippen molar-refractivity contribution >= 4 is 0 Å². The lowest BCUT2D eigenvalue weighted by atomic mass is 9.95. The third-order valence-corrected chi connectivity index (χ3v) is 4.80. The fourth-order valence-electron chi connectivity index (χ4n) is 3.21. The molecule has 0 heteroatoms. The van der Waals surface area contributed by atoms with E-state index >= 15 is 0 Å². The molecule has 17 heavy (non-hydrogen) atoms. The van der Waals surface area contributed by atoms with E-state index in [1.54, 1.807) is 0 Å². The lowest BCUT2D eigenvalue weighted by Crippen LogP contribution is -1.98. The highest BCUT2D eigenvalue weighted by Gasteiger charge is 2.47. The summed E-state index contributed by atoms with van der Waals surface area (Å²) < 4.78 is 0. The summed E-state index contributed by atoms with van der Waals surface area (Å²) in [6.45, 7) is 7.14. The Morgan fingerprint density at radius 3 is 2.06 bits per heavy atom. The summed E-state index contributed by atoms with van der Waals surface area (Å²) in [4.78, 5) is 0. The first kappa shape index (κ1) is 15.1. The summed E-state index contributed by atoms with van der Waals surface area (Å²) in [6.07, 6.45) is 17.6. The Labute approximate surface area is 110 Å². The molecule has 2 unspecified atom stereocenters. The molecule has 0 N–H and O–H groups in total. The maximum atomic E-state index is 2.54. The van der Waals surface area contributed by atoms with E-state index in [2.05, 4.69) is 20.8 Å². The Balaban J connectivity index is 1.95. The van der Waals surface area contributed by atoms with E-state index < -0.39 is 0 Å². The monoisotopic (exact) mass is 238 g/mol. The Kier molecular flexibility index (Phi) is 7.23. The largest absolute Gasteiger partial charge is 0.0654 e. The number of unbranched alkanes of at least 4 members (excludes halogenated alkanes) is 7. The van der Waals surface area contributed by atoms with Crippen molar-refractivity contribution in [3.8, 4) is 0 Å². The molecule has 0 nitrogen and oxygen atoms in total. The molecule has 1 saturated carbocycles. The quantitative estimate of drug-likeness (QED) is 0.368. The van der Waals surface area contributed by atoms with Crippen LogP contribution >= 0.6 is 0 Å². The van der Waals surface area contributed by atoms with Crippen molar-refractivity contribution < 1.29 is 0 Å². The van der Waals surface area contributed by atoms with Crippen molar-refractivity contribution in [2.45, 2.75) is 97.8 Å². The minimum absolute atomic E-state index is 0.762. The summed E-state index contributed by atoms with van der Waals surface area (Å²) in [7, 11) is 0. The van der Waals surface area contributed by atoms with Gasteiger partial charge in [-0.1, -0.05) is 78.6 Å². The van der Waals surface area contributed by atoms with Crippen molar-refractivity contribution in [3.05, 3.63) is 0 Å². The number of hydrogen-bond acceptors (Lipinski definition) is 0. The number of hydrogen-bond donors (Lipinski definition) is 0. The van der Waals surface area contributed by atoms with Gasteiger partial charge in [-0.2, -0.15) is 0 Å². The van der Waals surface area contributed by atoms with Gasteiger partial charge >= 0.3 is 0 Å². The van der Waals surface area contributed by atoms with Crippen LogP contribution in [0.5, 0.6) is 0 Å². The maximum absolute atomic E-state index is 2.54. The van der Waals surface area contributed by atoms with Crippen LogP contribution in [0.4, 0.5) is 0 Å². The molecular weight excluding hydrogens is 204 g/mol. The van der Waals surface area contributed by atoms with Gasteiger partial charge in [-0.15, -0.1) is 0 Å². The highest BCUT2D eigenvalue weighted by Crippen LogP contribution is 2.58. The molecule has 0 aromatic rings. The molecule has 0 aromatic carbocycles. The summed E-state index contributed by atoms with van der Waals surface area (Å²) in [6, 6.07) is 0. The normalized spacial score (nSPS) is 27.4. The molecule has 0 saturated heterocycles. The third-order valence-electron chi connectivity index (χ3n) is 4.80. The van der Waals surface area contributed by atoms with Crippen LogP contribution in [-0.2, 0) is 0 Å². The van der Waals surface area contributed by atoms with Crippen molar-refractivity contribution in [3.63, 3.8) is 0 Å². The van der Waals surface area contributed by atoms with Gasteiger partial charge in [-0.3, -0.25) is 0 Å². The van der Waals surface area contributed by atoms with Gasteiger partial charge < -0.3 is 0 Å². The van der Waals surface area contributed by atoms with Crippen LogP contribution in [0.25, 0.3) is 0 Å². The Bertz CT molecular complexity index is 184. The molecule has 1 fully saturated rings. The fourth-order valence-corrected chi connectivity index (χ4v) is 3.21. The minimum Gasteiger partial charge on any atom is -0.0654 e. The second kappa shape index (κ2) is 8.16. The molecule has 0 aliphatic heterocycles. The summed E-state index contributed by atoms with van der Waals surface area (Å²) in [5.74, 6) is 1.09. The molecule has 0 heterocycles. The minimum atomic E-state index is 0.762. The highest BCUT2D eigenvalue weighted by molar-refractivity contribution is 4.98. The first-order valence-electron chi connectivity index (χ1n) is 8.23. The van der Waals surface area contributed by atoms with Crippen LogP contribution in [0.3, 0.4) is 0 Å².